The van der Waals surface area contributed by atoms with Crippen LogP contribution in [0.5, 0.6) is 0 Å². The normalized spacial score (nSPS) is 10.6. The van der Waals surface area contributed by atoms with Crippen molar-refractivity contribution in [1.29, 1.82) is 0 Å². The van der Waals surface area contributed by atoms with E-state index in [-0.39, 0.29) is 0 Å². The van der Waals surface area contributed by atoms with Gasteiger partial charge in [0.15, 0.2) is 0 Å². The van der Waals surface area contributed by atoms with Crippen LogP contribution in [0.25, 0.3) is 0 Å². The Morgan fingerprint density at radius 3 is 2.85 bits per heavy atom. The van der Waals surface area contributed by atoms with Crippen molar-refractivity contribution in [3.05, 3.63) is 35.5 Å². The molecule has 0 aromatic carbocycles. The maximum absolute atomic E-state index is 5.05. The monoisotopic (exact) mass is 177 g/mol. The molecular weight excluding hydrogens is 166 g/mol. The molecule has 68 valence electrons. The van der Waals surface area contributed by atoms with Gasteiger partial charge < -0.3 is 4.52 Å². The van der Waals surface area contributed by atoms with E-state index in [9.17, 15) is 0 Å². The van der Waals surface area contributed by atoms with Crippen LogP contribution in [0.1, 0.15) is 17.0 Å². The summed E-state index contributed by atoms with van der Waals surface area (Å²) in [6, 6.07) is 1.90. The summed E-state index contributed by atoms with van der Waals surface area (Å²) in [5.41, 5.74) is 2.05. The third kappa shape index (κ3) is 1.47. The van der Waals surface area contributed by atoms with Gasteiger partial charge >= 0.3 is 0 Å². The fourth-order valence-electron chi connectivity index (χ4n) is 1.28. The highest BCUT2D eigenvalue weighted by atomic mass is 16.5. The lowest BCUT2D eigenvalue weighted by molar-refractivity contribution is 0.391. The van der Waals surface area contributed by atoms with E-state index in [1.54, 1.807) is 6.20 Å². The van der Waals surface area contributed by atoms with Gasteiger partial charge in [-0.1, -0.05) is 5.16 Å². The number of hydrogen-bond donors (Lipinski definition) is 0. The van der Waals surface area contributed by atoms with Gasteiger partial charge in [-0.25, -0.2) is 0 Å². The van der Waals surface area contributed by atoms with Crippen molar-refractivity contribution in [2.75, 3.05) is 0 Å². The van der Waals surface area contributed by atoms with Crippen LogP contribution >= 0.6 is 0 Å². The minimum Gasteiger partial charge on any atom is -0.361 e. The zero-order chi connectivity index (χ0) is 9.26. The van der Waals surface area contributed by atoms with Crippen LogP contribution in [-0.4, -0.2) is 14.9 Å². The van der Waals surface area contributed by atoms with Crippen molar-refractivity contribution >= 4 is 0 Å². The molecule has 2 rings (SSSR count). The molecule has 4 heteroatoms. The molecule has 0 aliphatic rings. The minimum absolute atomic E-state index is 0.730. The standard InChI is InChI=1S/C9H11N3O/c1-7-9(8(2)13-11-7)6-12-5-3-4-10-12/h3-5H,6H2,1-2H3. The lowest BCUT2D eigenvalue weighted by Gasteiger charge is -1.99. The molecule has 4 nitrogen and oxygen atoms in total. The fraction of sp³-hybridized carbons (Fsp3) is 0.333. The second-order valence-corrected chi connectivity index (χ2v) is 3.01. The van der Waals surface area contributed by atoms with Crippen LogP contribution in [0.15, 0.2) is 23.0 Å². The van der Waals surface area contributed by atoms with E-state index in [0.29, 0.717) is 0 Å². The van der Waals surface area contributed by atoms with Gasteiger partial charge in [-0.05, 0) is 19.9 Å². The van der Waals surface area contributed by atoms with Gasteiger partial charge in [0.1, 0.15) is 5.76 Å². The van der Waals surface area contributed by atoms with Crippen LogP contribution in [0.3, 0.4) is 0 Å². The third-order valence-corrected chi connectivity index (χ3v) is 2.06. The number of aryl methyl sites for hydroxylation is 2. The zero-order valence-electron chi connectivity index (χ0n) is 7.69. The largest absolute Gasteiger partial charge is 0.361 e. The van der Waals surface area contributed by atoms with E-state index < -0.39 is 0 Å². The zero-order valence-corrected chi connectivity index (χ0v) is 7.69. The average Bonchev–Trinajstić information content (AvgIpc) is 2.70. The molecule has 0 bridgehead atoms. The Bertz CT molecular complexity index is 369. The lowest BCUT2D eigenvalue weighted by atomic mass is 10.2. The van der Waals surface area contributed by atoms with Crippen LogP contribution in [0, 0.1) is 13.8 Å². The van der Waals surface area contributed by atoms with Crippen LogP contribution in [0.2, 0.25) is 0 Å². The molecule has 0 fully saturated rings. The van der Waals surface area contributed by atoms with Gasteiger partial charge in [-0.2, -0.15) is 5.10 Å². The van der Waals surface area contributed by atoms with Crippen LogP contribution < -0.4 is 0 Å². The first-order chi connectivity index (χ1) is 6.27. The third-order valence-electron chi connectivity index (χ3n) is 2.06. The number of aromatic nitrogens is 3. The quantitative estimate of drug-likeness (QED) is 0.698. The Morgan fingerprint density at radius 2 is 2.31 bits per heavy atom. The second kappa shape index (κ2) is 3.05. The van der Waals surface area contributed by atoms with E-state index in [2.05, 4.69) is 10.3 Å². The van der Waals surface area contributed by atoms with Crippen molar-refractivity contribution in [3.8, 4) is 0 Å². The van der Waals surface area contributed by atoms with Gasteiger partial charge in [-0.15, -0.1) is 0 Å². The molecule has 0 amide bonds. The van der Waals surface area contributed by atoms with Crippen molar-refractivity contribution in [3.63, 3.8) is 0 Å². The number of hydrogen-bond acceptors (Lipinski definition) is 3. The van der Waals surface area contributed by atoms with E-state index in [4.69, 9.17) is 4.52 Å². The first kappa shape index (κ1) is 8.04. The molecule has 0 aliphatic carbocycles. The molecule has 0 saturated carbocycles. The molecule has 13 heavy (non-hydrogen) atoms. The first-order valence-electron chi connectivity index (χ1n) is 4.16. The van der Waals surface area contributed by atoms with E-state index in [1.807, 2.05) is 30.8 Å². The summed E-state index contributed by atoms with van der Waals surface area (Å²) in [6.07, 6.45) is 3.68. The number of rotatable bonds is 2. The Morgan fingerprint density at radius 1 is 1.46 bits per heavy atom. The van der Waals surface area contributed by atoms with E-state index >= 15 is 0 Å². The molecule has 0 aliphatic heterocycles. The highest BCUT2D eigenvalue weighted by molar-refractivity contribution is 5.20. The van der Waals surface area contributed by atoms with Crippen LogP contribution in [-0.2, 0) is 6.54 Å². The topological polar surface area (TPSA) is 43.9 Å². The molecule has 0 saturated heterocycles. The van der Waals surface area contributed by atoms with Gasteiger partial charge in [0.25, 0.3) is 0 Å². The van der Waals surface area contributed by atoms with E-state index in [0.717, 1.165) is 23.6 Å². The molecule has 2 aromatic rings. The van der Waals surface area contributed by atoms with Crippen molar-refractivity contribution < 1.29 is 4.52 Å². The highest BCUT2D eigenvalue weighted by Crippen LogP contribution is 2.12. The van der Waals surface area contributed by atoms with Gasteiger partial charge in [0.05, 0.1) is 12.2 Å². The maximum atomic E-state index is 5.05. The van der Waals surface area contributed by atoms with Crippen molar-refractivity contribution in [2.24, 2.45) is 0 Å². The van der Waals surface area contributed by atoms with Gasteiger partial charge in [0, 0.05) is 18.0 Å². The SMILES string of the molecule is Cc1noc(C)c1Cn1cccn1. The van der Waals surface area contributed by atoms with Gasteiger partial charge in [0.2, 0.25) is 0 Å². The van der Waals surface area contributed by atoms with Crippen molar-refractivity contribution in [1.82, 2.24) is 14.9 Å². The molecule has 2 heterocycles. The summed E-state index contributed by atoms with van der Waals surface area (Å²) in [4.78, 5) is 0. The Kier molecular flexibility index (Phi) is 1.88. The fourth-order valence-corrected chi connectivity index (χ4v) is 1.28. The smallest absolute Gasteiger partial charge is 0.138 e. The van der Waals surface area contributed by atoms with E-state index in [1.165, 1.54) is 0 Å². The molecule has 0 spiro atoms. The molecule has 0 radical (unpaired) electrons. The summed E-state index contributed by atoms with van der Waals surface area (Å²) >= 11 is 0. The van der Waals surface area contributed by atoms with Crippen molar-refractivity contribution in [2.45, 2.75) is 20.4 Å². The highest BCUT2D eigenvalue weighted by Gasteiger charge is 2.08. The predicted molar refractivity (Wildman–Crippen MR) is 47.3 cm³/mol. The summed E-state index contributed by atoms with van der Waals surface area (Å²) in [6.45, 7) is 4.59. The molecule has 2 aromatic heterocycles. The Labute approximate surface area is 76.2 Å². The lowest BCUT2D eigenvalue weighted by Crippen LogP contribution is -2.01. The number of nitrogens with zero attached hydrogens (tertiary/aromatic N) is 3. The summed E-state index contributed by atoms with van der Waals surface area (Å²) in [5, 5.41) is 8.00. The molecular formula is C9H11N3O. The molecule has 0 unspecified atom stereocenters. The maximum Gasteiger partial charge on any atom is 0.138 e. The second-order valence-electron chi connectivity index (χ2n) is 3.01. The minimum atomic E-state index is 0.730. The predicted octanol–water partition coefficient (Wildman–Crippen LogP) is 1.54. The molecule has 0 N–H and O–H groups in total. The average molecular weight is 177 g/mol. The van der Waals surface area contributed by atoms with Crippen LogP contribution in [0.4, 0.5) is 0 Å². The summed E-state index contributed by atoms with van der Waals surface area (Å²) in [5.74, 6) is 0.869. The first-order valence-corrected chi connectivity index (χ1v) is 4.16. The molecule has 0 atom stereocenters. The summed E-state index contributed by atoms with van der Waals surface area (Å²) < 4.78 is 6.91. The summed E-state index contributed by atoms with van der Waals surface area (Å²) in [7, 11) is 0. The van der Waals surface area contributed by atoms with Gasteiger partial charge in [-0.3, -0.25) is 4.68 Å². The Balaban J connectivity index is 2.27. The Hall–Kier alpha value is -1.58.